The third kappa shape index (κ3) is 2.86. The number of aromatic nitrogens is 2. The smallest absolute Gasteiger partial charge is 0.191 e. The number of nitrogen functional groups attached to an aromatic ring is 1. The molecule has 0 aliphatic rings. The first-order chi connectivity index (χ1) is 8.60. The first kappa shape index (κ1) is 13.0. The number of benzene rings is 1. The molecule has 0 spiro atoms. The molecule has 18 heavy (non-hydrogen) atoms. The van der Waals surface area contributed by atoms with Crippen molar-refractivity contribution in [3.05, 3.63) is 34.9 Å². The van der Waals surface area contributed by atoms with Gasteiger partial charge in [0.15, 0.2) is 5.16 Å². The van der Waals surface area contributed by atoms with Gasteiger partial charge in [0.05, 0.1) is 10.7 Å². The van der Waals surface area contributed by atoms with Crippen molar-refractivity contribution < 1.29 is 0 Å². The van der Waals surface area contributed by atoms with E-state index >= 15 is 0 Å². The number of para-hydroxylation sites is 1. The minimum Gasteiger partial charge on any atom is -0.383 e. The highest BCUT2D eigenvalue weighted by Crippen LogP contribution is 2.28. The summed E-state index contributed by atoms with van der Waals surface area (Å²) in [6.45, 7) is 1.98. The maximum atomic E-state index is 6.15. The fraction of sp³-hybridized carbons (Fsp3) is 0.167. The molecule has 0 atom stereocenters. The zero-order valence-electron chi connectivity index (χ0n) is 10.1. The van der Waals surface area contributed by atoms with Crippen molar-refractivity contribution >= 4 is 40.7 Å². The summed E-state index contributed by atoms with van der Waals surface area (Å²) < 4.78 is 0. The van der Waals surface area contributed by atoms with Gasteiger partial charge in [-0.2, -0.15) is 0 Å². The molecule has 0 radical (unpaired) electrons. The van der Waals surface area contributed by atoms with E-state index in [2.05, 4.69) is 15.3 Å². The summed E-state index contributed by atoms with van der Waals surface area (Å²) >= 11 is 7.59. The maximum Gasteiger partial charge on any atom is 0.191 e. The Morgan fingerprint density at radius 2 is 2.11 bits per heavy atom. The Labute approximate surface area is 115 Å². The van der Waals surface area contributed by atoms with E-state index in [1.54, 1.807) is 6.07 Å². The van der Waals surface area contributed by atoms with E-state index in [4.69, 9.17) is 17.3 Å². The second kappa shape index (κ2) is 5.46. The monoisotopic (exact) mass is 280 g/mol. The quantitative estimate of drug-likeness (QED) is 0.666. The lowest BCUT2D eigenvalue weighted by Crippen LogP contribution is -2.01. The summed E-state index contributed by atoms with van der Waals surface area (Å²) in [6, 6.07) is 7.40. The molecule has 0 bridgehead atoms. The third-order valence-electron chi connectivity index (χ3n) is 2.38. The van der Waals surface area contributed by atoms with Crippen LogP contribution in [0.4, 0.5) is 17.3 Å². The van der Waals surface area contributed by atoms with E-state index in [0.717, 1.165) is 11.3 Å². The number of thioether (sulfide) groups is 1. The zero-order chi connectivity index (χ0) is 13.1. The van der Waals surface area contributed by atoms with E-state index in [9.17, 15) is 0 Å². The van der Waals surface area contributed by atoms with Gasteiger partial charge in [-0.15, -0.1) is 0 Å². The molecule has 94 valence electrons. The lowest BCUT2D eigenvalue weighted by Gasteiger charge is -2.11. The van der Waals surface area contributed by atoms with Crippen LogP contribution in [0.5, 0.6) is 0 Å². The minimum atomic E-state index is 0.432. The Balaban J connectivity index is 2.37. The Morgan fingerprint density at radius 1 is 1.33 bits per heavy atom. The average Bonchev–Trinajstić information content (AvgIpc) is 2.33. The molecule has 1 aromatic heterocycles. The highest BCUT2D eigenvalue weighted by atomic mass is 35.5. The molecular weight excluding hydrogens is 268 g/mol. The lowest BCUT2D eigenvalue weighted by atomic mass is 10.2. The van der Waals surface area contributed by atoms with Crippen LogP contribution in [0.1, 0.15) is 5.56 Å². The summed E-state index contributed by atoms with van der Waals surface area (Å²) in [6.07, 6.45) is 1.90. The van der Waals surface area contributed by atoms with Crippen molar-refractivity contribution in [2.75, 3.05) is 17.3 Å². The van der Waals surface area contributed by atoms with Gasteiger partial charge in [-0.3, -0.25) is 0 Å². The molecule has 0 fully saturated rings. The molecule has 3 N–H and O–H groups in total. The van der Waals surface area contributed by atoms with Crippen molar-refractivity contribution in [1.29, 1.82) is 0 Å². The van der Waals surface area contributed by atoms with Crippen molar-refractivity contribution in [1.82, 2.24) is 9.97 Å². The summed E-state index contributed by atoms with van der Waals surface area (Å²) in [5.41, 5.74) is 7.61. The maximum absolute atomic E-state index is 6.15. The van der Waals surface area contributed by atoms with Crippen LogP contribution in [-0.2, 0) is 0 Å². The molecule has 0 amide bonds. The summed E-state index contributed by atoms with van der Waals surface area (Å²) in [5, 5.41) is 4.46. The first-order valence-corrected chi connectivity index (χ1v) is 6.91. The lowest BCUT2D eigenvalue weighted by molar-refractivity contribution is 0.984. The molecule has 4 nitrogen and oxygen atoms in total. The van der Waals surface area contributed by atoms with Gasteiger partial charge in [-0.05, 0) is 24.8 Å². The summed E-state index contributed by atoms with van der Waals surface area (Å²) in [4.78, 5) is 8.43. The van der Waals surface area contributed by atoms with Crippen LogP contribution in [0.15, 0.2) is 29.4 Å². The standard InChI is InChI=1S/C12H13ClN4S/c1-7-4-3-5-8(13)11(7)16-10-6-9(14)15-12(17-10)18-2/h3-6H,1-2H3,(H3,14,15,16,17). The molecule has 2 rings (SSSR count). The topological polar surface area (TPSA) is 63.8 Å². The number of nitrogens with two attached hydrogens (primary N) is 1. The number of hydrogen-bond donors (Lipinski definition) is 2. The van der Waals surface area contributed by atoms with E-state index < -0.39 is 0 Å². The molecular formula is C12H13ClN4S. The Morgan fingerprint density at radius 3 is 2.78 bits per heavy atom. The second-order valence-electron chi connectivity index (χ2n) is 3.72. The molecule has 2 aromatic rings. The number of anilines is 3. The van der Waals surface area contributed by atoms with Crippen LogP contribution in [0.25, 0.3) is 0 Å². The van der Waals surface area contributed by atoms with Gasteiger partial charge in [0.25, 0.3) is 0 Å². The summed E-state index contributed by atoms with van der Waals surface area (Å²) in [7, 11) is 0. The van der Waals surface area contributed by atoms with Crippen LogP contribution < -0.4 is 11.1 Å². The predicted molar refractivity (Wildman–Crippen MR) is 77.7 cm³/mol. The number of rotatable bonds is 3. The molecule has 1 aromatic carbocycles. The van der Waals surface area contributed by atoms with E-state index in [-0.39, 0.29) is 0 Å². The first-order valence-electron chi connectivity index (χ1n) is 5.31. The van der Waals surface area contributed by atoms with Crippen LogP contribution in [0, 0.1) is 6.92 Å². The Kier molecular flexibility index (Phi) is 3.93. The number of nitrogens with one attached hydrogen (secondary N) is 1. The van der Waals surface area contributed by atoms with Crippen LogP contribution in [0.3, 0.4) is 0 Å². The van der Waals surface area contributed by atoms with Gasteiger partial charge >= 0.3 is 0 Å². The number of hydrogen-bond acceptors (Lipinski definition) is 5. The van der Waals surface area contributed by atoms with Crippen LogP contribution in [-0.4, -0.2) is 16.2 Å². The van der Waals surface area contributed by atoms with E-state index in [1.807, 2.05) is 31.4 Å². The third-order valence-corrected chi connectivity index (χ3v) is 3.25. The Bertz CT molecular complexity index is 554. The van der Waals surface area contributed by atoms with Crippen LogP contribution >= 0.6 is 23.4 Å². The molecule has 0 aliphatic carbocycles. The normalized spacial score (nSPS) is 10.4. The Hall–Kier alpha value is -1.46. The zero-order valence-corrected chi connectivity index (χ0v) is 11.6. The number of aryl methyl sites for hydroxylation is 1. The van der Waals surface area contributed by atoms with E-state index in [0.29, 0.717) is 21.8 Å². The molecule has 1 heterocycles. The molecule has 0 aliphatic heterocycles. The van der Waals surface area contributed by atoms with Gasteiger partial charge in [0.2, 0.25) is 0 Å². The van der Waals surface area contributed by atoms with Gasteiger partial charge < -0.3 is 11.1 Å². The van der Waals surface area contributed by atoms with Crippen molar-refractivity contribution in [2.24, 2.45) is 0 Å². The largest absolute Gasteiger partial charge is 0.383 e. The van der Waals surface area contributed by atoms with Crippen molar-refractivity contribution in [2.45, 2.75) is 12.1 Å². The SMILES string of the molecule is CSc1nc(N)cc(Nc2c(C)cccc2Cl)n1. The average molecular weight is 281 g/mol. The fourth-order valence-corrected chi connectivity index (χ4v) is 2.17. The number of halogens is 1. The fourth-order valence-electron chi connectivity index (χ4n) is 1.52. The highest BCUT2D eigenvalue weighted by molar-refractivity contribution is 7.98. The van der Waals surface area contributed by atoms with Crippen LogP contribution in [0.2, 0.25) is 5.02 Å². The predicted octanol–water partition coefficient (Wildman–Crippen LogP) is 3.49. The summed E-state index contributed by atoms with van der Waals surface area (Å²) in [5.74, 6) is 1.07. The molecule has 6 heteroatoms. The minimum absolute atomic E-state index is 0.432. The van der Waals surface area contributed by atoms with Gasteiger partial charge in [-0.25, -0.2) is 9.97 Å². The molecule has 0 saturated heterocycles. The van der Waals surface area contributed by atoms with Crippen molar-refractivity contribution in [3.63, 3.8) is 0 Å². The van der Waals surface area contributed by atoms with E-state index in [1.165, 1.54) is 11.8 Å². The molecule has 0 saturated carbocycles. The van der Waals surface area contributed by atoms with Gasteiger partial charge in [-0.1, -0.05) is 35.5 Å². The molecule has 0 unspecified atom stereocenters. The van der Waals surface area contributed by atoms with Gasteiger partial charge in [0, 0.05) is 6.07 Å². The van der Waals surface area contributed by atoms with Gasteiger partial charge in [0.1, 0.15) is 11.6 Å². The van der Waals surface area contributed by atoms with Crippen molar-refractivity contribution in [3.8, 4) is 0 Å². The number of nitrogens with zero attached hydrogens (tertiary/aromatic N) is 2. The highest BCUT2D eigenvalue weighted by Gasteiger charge is 2.07. The second-order valence-corrected chi connectivity index (χ2v) is 4.90.